The van der Waals surface area contributed by atoms with E-state index in [4.69, 9.17) is 33.2 Å². The van der Waals surface area contributed by atoms with Crippen molar-refractivity contribution in [1.29, 1.82) is 0 Å². The first-order valence-corrected chi connectivity index (χ1v) is 18.8. The van der Waals surface area contributed by atoms with Crippen molar-refractivity contribution in [2.24, 2.45) is 27.6 Å². The minimum absolute atomic E-state index is 0. The summed E-state index contributed by atoms with van der Waals surface area (Å²) in [5.74, 6) is -1.04. The lowest BCUT2D eigenvalue weighted by Gasteiger charge is -2.62. The van der Waals surface area contributed by atoms with Gasteiger partial charge in [0.2, 0.25) is 5.78 Å². The van der Waals surface area contributed by atoms with Crippen molar-refractivity contribution in [3.63, 3.8) is 0 Å². The van der Waals surface area contributed by atoms with E-state index < -0.39 is 52.2 Å². The van der Waals surface area contributed by atoms with E-state index in [0.717, 1.165) is 32.2 Å². The number of carbonyl (C=O) groups excluding carboxylic acids is 2. The summed E-state index contributed by atoms with van der Waals surface area (Å²) >= 11 is 0. The second-order valence-corrected chi connectivity index (χ2v) is 17.9. The monoisotopic (exact) mass is 763 g/mol. The molecule has 3 aliphatic heterocycles. The molecule has 5 fully saturated rings. The van der Waals surface area contributed by atoms with Crippen LogP contribution in [0.4, 0.5) is 0 Å². The molecule has 13 heteroatoms. The van der Waals surface area contributed by atoms with Gasteiger partial charge in [0.25, 0.3) is 0 Å². The molecule has 12 unspecified atom stereocenters. The highest BCUT2D eigenvalue weighted by atomic mass is 35.5. The molecule has 0 radical (unpaired) electrons. The summed E-state index contributed by atoms with van der Waals surface area (Å²) in [5, 5.41) is 30.4. The number of hydrogen-bond acceptors (Lipinski definition) is 12. The average molecular weight is 764 g/mol. The van der Waals surface area contributed by atoms with E-state index in [1.165, 1.54) is 5.56 Å². The number of furan rings is 1. The zero-order chi connectivity index (χ0) is 37.8. The molecule has 12 nitrogen and oxygen atoms in total. The van der Waals surface area contributed by atoms with Crippen molar-refractivity contribution in [2.45, 2.75) is 128 Å². The summed E-state index contributed by atoms with van der Waals surface area (Å²) in [7, 11) is 4.01. The Morgan fingerprint density at radius 1 is 1.06 bits per heavy atom. The standard InChI is InChI=1S/C26H30O5.C14H27NO6.ClH/c1-22(2)17(27)7-9-23(3)16-6-10-24(4)15(14-8-11-30-13-14)12-18-26(24,31-18)25(16,5)21(29)19(28)20(22)23;1-14(2)20-12-11(18-7-5-6-15(3)4)10(9(17)8-16)19-13(12)21-14;/h7-9,11,13,15-16,18,28H,6,10,12H2,1-5H3;9-13,16-17H,5-8H2,1-4H3;1H. The Balaban J connectivity index is 0.000000193. The number of Topliss-reactive ketones (excluding diaryl/α,β-unsaturated/α-hetero) is 1. The van der Waals surface area contributed by atoms with Crippen molar-refractivity contribution < 1.29 is 53.0 Å². The Morgan fingerprint density at radius 2 is 1.77 bits per heavy atom. The molecule has 8 rings (SSSR count). The molecule has 296 valence electrons. The summed E-state index contributed by atoms with van der Waals surface area (Å²) in [4.78, 5) is 28.8. The number of ether oxygens (including phenoxy) is 5. The molecule has 7 aliphatic rings. The van der Waals surface area contributed by atoms with Crippen LogP contribution in [0.2, 0.25) is 0 Å². The SMILES string of the molecule is CC1(C)C(=O)C=CC2(C)C1=C(O)C(=O)C1(C)C2CCC2(C)C(c3ccoc3)CC3OC321.CN(C)CCCOC1C(C(O)CO)OC2OC(C)(C)OC21.Cl. The first-order valence-electron chi connectivity index (χ1n) is 18.8. The quantitative estimate of drug-likeness (QED) is 0.244. The molecule has 12 atom stereocenters. The van der Waals surface area contributed by atoms with Crippen LogP contribution in [0.1, 0.15) is 85.6 Å². The van der Waals surface area contributed by atoms with E-state index in [1.54, 1.807) is 12.3 Å². The second-order valence-electron chi connectivity index (χ2n) is 17.9. The molecule has 0 bridgehead atoms. The molecule has 1 spiro atoms. The third-order valence-electron chi connectivity index (χ3n) is 13.8. The molecule has 1 aromatic rings. The molecule has 53 heavy (non-hydrogen) atoms. The number of allylic oxidation sites excluding steroid dienone is 4. The van der Waals surface area contributed by atoms with Crippen molar-refractivity contribution >= 4 is 24.0 Å². The van der Waals surface area contributed by atoms with Gasteiger partial charge in [-0.2, -0.15) is 0 Å². The molecule has 0 aromatic carbocycles. The van der Waals surface area contributed by atoms with E-state index in [0.29, 0.717) is 12.2 Å². The number of epoxide rings is 1. The van der Waals surface area contributed by atoms with Gasteiger partial charge in [-0.05, 0) is 116 Å². The number of fused-ring (bicyclic) bond motifs is 4. The van der Waals surface area contributed by atoms with Gasteiger partial charge in [0.15, 0.2) is 23.6 Å². The fraction of sp³-hybridized carbons (Fsp3) is 0.750. The maximum atomic E-state index is 14.0. The molecule has 3 saturated heterocycles. The third-order valence-corrected chi connectivity index (χ3v) is 13.8. The van der Waals surface area contributed by atoms with Gasteiger partial charge >= 0.3 is 0 Å². The van der Waals surface area contributed by atoms with Gasteiger partial charge in [-0.25, -0.2) is 0 Å². The van der Waals surface area contributed by atoms with Crippen LogP contribution in [0.25, 0.3) is 0 Å². The number of aliphatic hydroxyl groups is 3. The zero-order valence-electron chi connectivity index (χ0n) is 32.4. The highest BCUT2D eigenvalue weighted by Gasteiger charge is 2.87. The normalized spacial score (nSPS) is 43.2. The highest BCUT2D eigenvalue weighted by Crippen LogP contribution is 2.81. The number of aliphatic hydroxyl groups excluding tert-OH is 3. The summed E-state index contributed by atoms with van der Waals surface area (Å²) in [6.45, 7) is 14.7. The minimum atomic E-state index is -1.01. The van der Waals surface area contributed by atoms with Gasteiger partial charge < -0.3 is 48.3 Å². The Hall–Kier alpha value is -2.13. The maximum absolute atomic E-state index is 14.0. The summed E-state index contributed by atoms with van der Waals surface area (Å²) in [6.07, 6.45) is 7.59. The molecule has 3 N–H and O–H groups in total. The average Bonchev–Trinajstić information content (AvgIpc) is 3.37. The van der Waals surface area contributed by atoms with Gasteiger partial charge in [-0.1, -0.05) is 19.9 Å². The highest BCUT2D eigenvalue weighted by molar-refractivity contribution is 6.06. The molecular weight excluding hydrogens is 706 g/mol. The van der Waals surface area contributed by atoms with E-state index >= 15 is 0 Å². The number of ketones is 2. The summed E-state index contributed by atoms with van der Waals surface area (Å²) in [5.41, 5.74) is -1.40. The van der Waals surface area contributed by atoms with E-state index in [9.17, 15) is 19.8 Å². The van der Waals surface area contributed by atoms with Gasteiger partial charge in [0.05, 0.1) is 36.1 Å². The van der Waals surface area contributed by atoms with Crippen LogP contribution in [0.5, 0.6) is 0 Å². The Bertz CT molecular complexity index is 1640. The maximum Gasteiger partial charge on any atom is 0.206 e. The predicted molar refractivity (Wildman–Crippen MR) is 195 cm³/mol. The molecule has 0 amide bonds. The number of hydrogen-bond donors (Lipinski definition) is 3. The fourth-order valence-corrected chi connectivity index (χ4v) is 11.5. The minimum Gasteiger partial charge on any atom is -0.504 e. The van der Waals surface area contributed by atoms with Crippen LogP contribution in [-0.4, -0.2) is 114 Å². The van der Waals surface area contributed by atoms with E-state index in [2.05, 4.69) is 18.7 Å². The van der Waals surface area contributed by atoms with Gasteiger partial charge in [-0.3, -0.25) is 9.59 Å². The Morgan fingerprint density at radius 3 is 2.42 bits per heavy atom. The molecule has 4 aliphatic carbocycles. The lowest BCUT2D eigenvalue weighted by molar-refractivity contribution is -0.231. The second kappa shape index (κ2) is 13.5. The lowest BCUT2D eigenvalue weighted by atomic mass is 9.39. The number of rotatable bonds is 8. The lowest BCUT2D eigenvalue weighted by Crippen LogP contribution is -2.66. The Kier molecular flexibility index (Phi) is 10.3. The van der Waals surface area contributed by atoms with Crippen LogP contribution >= 0.6 is 12.4 Å². The zero-order valence-corrected chi connectivity index (χ0v) is 33.2. The van der Waals surface area contributed by atoms with Gasteiger partial charge in [-0.15, -0.1) is 12.4 Å². The van der Waals surface area contributed by atoms with Gasteiger partial charge in [0.1, 0.15) is 30.0 Å². The van der Waals surface area contributed by atoms with Crippen LogP contribution < -0.4 is 0 Å². The van der Waals surface area contributed by atoms with Crippen LogP contribution in [0, 0.1) is 27.6 Å². The van der Waals surface area contributed by atoms with Crippen molar-refractivity contribution in [3.8, 4) is 0 Å². The molecular formula is C40H58ClNO11. The van der Waals surface area contributed by atoms with E-state index in [-0.39, 0.29) is 65.8 Å². The summed E-state index contributed by atoms with van der Waals surface area (Å²) < 4.78 is 34.9. The number of carbonyl (C=O) groups is 2. The summed E-state index contributed by atoms with van der Waals surface area (Å²) in [6, 6.07) is 2.03. The molecule has 1 aromatic heterocycles. The molecule has 4 heterocycles. The Labute approximate surface area is 318 Å². The van der Waals surface area contributed by atoms with Crippen LogP contribution in [0.15, 0.2) is 46.5 Å². The number of halogens is 1. The van der Waals surface area contributed by atoms with E-state index in [1.807, 2.05) is 67.1 Å². The first-order chi connectivity index (χ1) is 24.3. The topological polar surface area (TPSA) is 161 Å². The number of nitrogens with zero attached hydrogens (tertiary/aromatic N) is 1. The largest absolute Gasteiger partial charge is 0.504 e. The van der Waals surface area contributed by atoms with Crippen molar-refractivity contribution in [3.05, 3.63) is 47.6 Å². The smallest absolute Gasteiger partial charge is 0.206 e. The van der Waals surface area contributed by atoms with Crippen molar-refractivity contribution in [1.82, 2.24) is 4.90 Å². The van der Waals surface area contributed by atoms with Crippen molar-refractivity contribution in [2.75, 3.05) is 33.9 Å². The first kappa shape index (κ1) is 40.5. The molecule has 2 saturated carbocycles. The third kappa shape index (κ3) is 5.76. The van der Waals surface area contributed by atoms with Gasteiger partial charge in [0, 0.05) is 17.4 Å². The van der Waals surface area contributed by atoms with Crippen LogP contribution in [-0.2, 0) is 33.3 Å². The van der Waals surface area contributed by atoms with Crippen LogP contribution in [0.3, 0.4) is 0 Å². The predicted octanol–water partition coefficient (Wildman–Crippen LogP) is 4.87. The fourth-order valence-electron chi connectivity index (χ4n) is 11.5.